The van der Waals surface area contributed by atoms with Crippen LogP contribution in [0.5, 0.6) is 5.75 Å². The number of sulfonamides is 2. The Labute approximate surface area is 213 Å². The van der Waals surface area contributed by atoms with Crippen molar-refractivity contribution in [1.82, 2.24) is 14.9 Å². The second-order valence-corrected chi connectivity index (χ2v) is 11.9. The summed E-state index contributed by atoms with van der Waals surface area (Å²) in [6.07, 6.45) is 0.315. The summed E-state index contributed by atoms with van der Waals surface area (Å²) in [4.78, 5) is 3.84. The first-order chi connectivity index (χ1) is 16.9. The summed E-state index contributed by atoms with van der Waals surface area (Å²) in [5.41, 5.74) is 2.06. The van der Waals surface area contributed by atoms with Gasteiger partial charge >= 0.3 is 0 Å². The number of aryl methyl sites for hydroxylation is 3. The van der Waals surface area contributed by atoms with Gasteiger partial charge in [0.2, 0.25) is 10.0 Å². The smallest absolute Gasteiger partial charge is 0.267 e. The van der Waals surface area contributed by atoms with Crippen LogP contribution in [0.25, 0.3) is 10.9 Å². The minimum atomic E-state index is -4.08. The van der Waals surface area contributed by atoms with E-state index >= 15 is 0 Å². The Balaban J connectivity index is 1.44. The van der Waals surface area contributed by atoms with Gasteiger partial charge in [0, 0.05) is 23.3 Å². The van der Waals surface area contributed by atoms with Gasteiger partial charge in [-0.05, 0) is 63.1 Å². The molecule has 4 rings (SSSR count). The third kappa shape index (κ3) is 5.16. The Morgan fingerprint density at radius 2 is 1.69 bits per heavy atom. The Morgan fingerprint density at radius 3 is 2.33 bits per heavy atom. The van der Waals surface area contributed by atoms with Crippen LogP contribution in [0.15, 0.2) is 56.8 Å². The van der Waals surface area contributed by atoms with Crippen molar-refractivity contribution in [3.8, 4) is 5.75 Å². The van der Waals surface area contributed by atoms with E-state index in [1.54, 1.807) is 50.2 Å². The highest BCUT2D eigenvalue weighted by atomic mass is 35.5. The second-order valence-electron chi connectivity index (χ2n) is 8.16. The number of nitrogens with zero attached hydrogens (tertiary/aromatic N) is 2. The van der Waals surface area contributed by atoms with E-state index in [9.17, 15) is 21.9 Å². The average molecular weight is 551 g/mol. The highest BCUT2D eigenvalue weighted by Gasteiger charge is 2.25. The molecule has 0 aliphatic carbocycles. The molecule has 36 heavy (non-hydrogen) atoms. The minimum Gasteiger partial charge on any atom is -0.504 e. The van der Waals surface area contributed by atoms with Crippen molar-refractivity contribution in [1.29, 1.82) is 0 Å². The molecule has 0 unspecified atom stereocenters. The molecule has 190 valence electrons. The number of rotatable bonds is 8. The molecule has 2 heterocycles. The maximum atomic E-state index is 12.9. The largest absolute Gasteiger partial charge is 0.504 e. The van der Waals surface area contributed by atoms with E-state index in [0.29, 0.717) is 23.2 Å². The predicted octanol–water partition coefficient (Wildman–Crippen LogP) is 3.83. The molecular formula is C23H23ClN4O6S2. The Morgan fingerprint density at radius 1 is 1.00 bits per heavy atom. The predicted molar refractivity (Wildman–Crippen MR) is 135 cm³/mol. The molecule has 0 amide bonds. The summed E-state index contributed by atoms with van der Waals surface area (Å²) in [5, 5.41) is 14.8. The average Bonchev–Trinajstić information content (AvgIpc) is 3.15. The fourth-order valence-corrected chi connectivity index (χ4v) is 6.59. The van der Waals surface area contributed by atoms with Gasteiger partial charge in [-0.3, -0.25) is 4.72 Å². The summed E-state index contributed by atoms with van der Waals surface area (Å²) in [6, 6.07) is 11.1. The standard InChI is InChI=1S/C23H23ClN4O6S2/c1-13-4-9-18-19(24)12-20(22(29)21(18)26-13)35(30,31)25-11-10-16-5-7-17(8-6-16)28-36(32,33)23-14(2)27-34-15(23)3/h4-9,12,25,28-29H,10-11H2,1-3H3. The Kier molecular flexibility index (Phi) is 6.97. The van der Waals surface area contributed by atoms with Crippen molar-refractivity contribution in [3.05, 3.63) is 70.2 Å². The molecule has 13 heteroatoms. The molecular weight excluding hydrogens is 528 g/mol. The van der Waals surface area contributed by atoms with Crippen LogP contribution in [-0.2, 0) is 26.5 Å². The number of halogens is 1. The molecule has 0 aliphatic rings. The van der Waals surface area contributed by atoms with Crippen LogP contribution < -0.4 is 9.44 Å². The monoisotopic (exact) mass is 550 g/mol. The van der Waals surface area contributed by atoms with Crippen molar-refractivity contribution in [2.24, 2.45) is 0 Å². The minimum absolute atomic E-state index is 0.0107. The molecule has 0 fully saturated rings. The van der Waals surface area contributed by atoms with Crippen LogP contribution in [0.4, 0.5) is 5.69 Å². The van der Waals surface area contributed by atoms with E-state index in [0.717, 1.165) is 5.56 Å². The van der Waals surface area contributed by atoms with Gasteiger partial charge in [0.1, 0.15) is 16.1 Å². The van der Waals surface area contributed by atoms with Gasteiger partial charge in [-0.2, -0.15) is 0 Å². The van der Waals surface area contributed by atoms with Crippen molar-refractivity contribution in [2.75, 3.05) is 11.3 Å². The SMILES string of the molecule is Cc1ccc2c(Cl)cc(S(=O)(=O)NCCc3ccc(NS(=O)(=O)c4c(C)noc4C)cc3)c(O)c2n1. The topological polar surface area (TPSA) is 151 Å². The number of anilines is 1. The van der Waals surface area contributed by atoms with Gasteiger partial charge < -0.3 is 9.63 Å². The van der Waals surface area contributed by atoms with Gasteiger partial charge in [0.15, 0.2) is 16.4 Å². The fraction of sp³-hybridized carbons (Fsp3) is 0.217. The quantitative estimate of drug-likeness (QED) is 0.299. The number of hydrogen-bond acceptors (Lipinski definition) is 8. The lowest BCUT2D eigenvalue weighted by atomic mass is 10.1. The number of fused-ring (bicyclic) bond motifs is 1. The first-order valence-electron chi connectivity index (χ1n) is 10.7. The summed E-state index contributed by atoms with van der Waals surface area (Å²) in [6.45, 7) is 4.81. The van der Waals surface area contributed by atoms with Gasteiger partial charge in [-0.25, -0.2) is 26.5 Å². The molecule has 10 nitrogen and oxygen atoms in total. The third-order valence-corrected chi connectivity index (χ3v) is 8.86. The molecule has 2 aromatic carbocycles. The number of nitrogens with one attached hydrogen (secondary N) is 2. The molecule has 0 aliphatic heterocycles. The van der Waals surface area contributed by atoms with Crippen molar-refractivity contribution >= 4 is 48.2 Å². The number of aromatic hydroxyl groups is 1. The van der Waals surface area contributed by atoms with E-state index in [4.69, 9.17) is 16.1 Å². The number of phenolic OH excluding ortho intramolecular Hbond substituents is 1. The molecule has 4 aromatic rings. The van der Waals surface area contributed by atoms with Crippen LogP contribution in [-0.4, -0.2) is 38.6 Å². The summed E-state index contributed by atoms with van der Waals surface area (Å²) < 4.78 is 60.8. The number of aromatic nitrogens is 2. The van der Waals surface area contributed by atoms with E-state index in [1.165, 1.54) is 13.0 Å². The van der Waals surface area contributed by atoms with Crippen molar-refractivity contribution in [3.63, 3.8) is 0 Å². The lowest BCUT2D eigenvalue weighted by molar-refractivity contribution is 0.390. The lowest BCUT2D eigenvalue weighted by Gasteiger charge is -2.12. The van der Waals surface area contributed by atoms with Crippen LogP contribution in [0.2, 0.25) is 5.02 Å². The van der Waals surface area contributed by atoms with Crippen LogP contribution in [0, 0.1) is 20.8 Å². The molecule has 0 saturated carbocycles. The highest BCUT2D eigenvalue weighted by molar-refractivity contribution is 7.92. The number of hydrogen-bond donors (Lipinski definition) is 3. The molecule has 0 atom stereocenters. The van der Waals surface area contributed by atoms with Gasteiger partial charge in [-0.15, -0.1) is 0 Å². The van der Waals surface area contributed by atoms with Crippen LogP contribution >= 0.6 is 11.6 Å². The van der Waals surface area contributed by atoms with Crippen molar-refractivity contribution < 1.29 is 26.5 Å². The molecule has 0 saturated heterocycles. The van der Waals surface area contributed by atoms with Crippen molar-refractivity contribution in [2.45, 2.75) is 37.0 Å². The maximum absolute atomic E-state index is 12.9. The molecule has 0 radical (unpaired) electrons. The van der Waals surface area contributed by atoms with Crippen LogP contribution in [0.1, 0.15) is 22.7 Å². The number of phenols is 1. The van der Waals surface area contributed by atoms with E-state index in [-0.39, 0.29) is 38.3 Å². The molecule has 2 aromatic heterocycles. The maximum Gasteiger partial charge on any atom is 0.267 e. The zero-order valence-electron chi connectivity index (χ0n) is 19.5. The van der Waals surface area contributed by atoms with Gasteiger partial charge in [-0.1, -0.05) is 28.9 Å². The van der Waals surface area contributed by atoms with Gasteiger partial charge in [0.25, 0.3) is 10.0 Å². The van der Waals surface area contributed by atoms with Crippen LogP contribution in [0.3, 0.4) is 0 Å². The zero-order valence-corrected chi connectivity index (χ0v) is 21.9. The van der Waals surface area contributed by atoms with E-state index < -0.39 is 25.8 Å². The summed E-state index contributed by atoms with van der Waals surface area (Å²) in [5.74, 6) is -0.283. The highest BCUT2D eigenvalue weighted by Crippen LogP contribution is 2.35. The molecule has 0 bridgehead atoms. The van der Waals surface area contributed by atoms with E-state index in [2.05, 4.69) is 19.6 Å². The number of benzene rings is 2. The second kappa shape index (κ2) is 9.69. The van der Waals surface area contributed by atoms with Gasteiger partial charge in [0.05, 0.1) is 5.02 Å². The summed E-state index contributed by atoms with van der Waals surface area (Å²) in [7, 11) is -7.96. The lowest BCUT2D eigenvalue weighted by Crippen LogP contribution is -2.26. The summed E-state index contributed by atoms with van der Waals surface area (Å²) >= 11 is 6.23. The van der Waals surface area contributed by atoms with E-state index in [1.807, 2.05) is 0 Å². The molecule has 0 spiro atoms. The zero-order chi connectivity index (χ0) is 26.3. The normalized spacial score (nSPS) is 12.2. The fourth-order valence-electron chi connectivity index (χ4n) is 3.72. The first kappa shape index (κ1) is 25.9. The first-order valence-corrected chi connectivity index (χ1v) is 14.1. The Hall–Kier alpha value is -3.19. The Bertz CT molecular complexity index is 1650. The third-order valence-electron chi connectivity index (χ3n) is 5.45. The molecule has 3 N–H and O–H groups in total. The number of pyridine rings is 1.